The molecule has 2 aliphatic heterocycles. The van der Waals surface area contributed by atoms with Crippen molar-refractivity contribution in [3.63, 3.8) is 0 Å². The van der Waals surface area contributed by atoms with Crippen LogP contribution in [0.15, 0.2) is 36.4 Å². The van der Waals surface area contributed by atoms with E-state index in [4.69, 9.17) is 0 Å². The van der Waals surface area contributed by atoms with Crippen molar-refractivity contribution in [2.75, 3.05) is 23.7 Å². The van der Waals surface area contributed by atoms with Crippen LogP contribution in [-0.4, -0.2) is 67.1 Å². The Hall–Kier alpha value is -4.82. The normalized spacial score (nSPS) is 14.0. The second-order valence-corrected chi connectivity index (χ2v) is 12.7. The van der Waals surface area contributed by atoms with E-state index in [9.17, 15) is 29.4 Å². The van der Waals surface area contributed by atoms with Gasteiger partial charge in [0.05, 0.1) is 24.5 Å². The predicted molar refractivity (Wildman–Crippen MR) is 166 cm³/mol. The van der Waals surface area contributed by atoms with Gasteiger partial charge in [0, 0.05) is 47.1 Å². The summed E-state index contributed by atoms with van der Waals surface area (Å²) >= 11 is 2.41. The van der Waals surface area contributed by atoms with Gasteiger partial charge in [0.2, 0.25) is 0 Å². The lowest BCUT2D eigenvalue weighted by molar-refractivity contribution is 0.101. The van der Waals surface area contributed by atoms with Crippen molar-refractivity contribution < 1.29 is 29.4 Å². The Morgan fingerprint density at radius 2 is 1.11 bits per heavy atom. The van der Waals surface area contributed by atoms with Gasteiger partial charge in [0.1, 0.15) is 0 Å². The van der Waals surface area contributed by atoms with Gasteiger partial charge in [0.25, 0.3) is 11.8 Å². The number of amides is 4. The molecule has 0 atom stereocenters. The molecule has 0 unspecified atom stereocenters. The first-order chi connectivity index (χ1) is 21.1. The maximum Gasteiger partial charge on any atom is 0.407 e. The Morgan fingerprint density at radius 3 is 1.50 bits per heavy atom. The van der Waals surface area contributed by atoms with Gasteiger partial charge in [-0.3, -0.25) is 9.59 Å². The van der Waals surface area contributed by atoms with Crippen molar-refractivity contribution in [2.24, 2.45) is 0 Å². The number of benzene rings is 2. The minimum Gasteiger partial charge on any atom is -0.465 e. The lowest BCUT2D eigenvalue weighted by Gasteiger charge is -2.22. The number of nitrogens with zero attached hydrogens (tertiary/aromatic N) is 4. The predicted octanol–water partition coefficient (Wildman–Crippen LogP) is 5.46. The quantitative estimate of drug-likeness (QED) is 0.225. The number of thiazole rings is 2. The Morgan fingerprint density at radius 1 is 0.705 bits per heavy atom. The van der Waals surface area contributed by atoms with Gasteiger partial charge >= 0.3 is 12.2 Å². The third-order valence-electron chi connectivity index (χ3n) is 7.85. The minimum absolute atomic E-state index is 0.227. The number of fused-ring (bicyclic) bond motifs is 2. The number of rotatable bonds is 5. The maximum absolute atomic E-state index is 13.2. The van der Waals surface area contributed by atoms with Crippen LogP contribution in [0.1, 0.15) is 51.9 Å². The van der Waals surface area contributed by atoms with Crippen LogP contribution in [-0.2, 0) is 25.9 Å². The lowest BCUT2D eigenvalue weighted by Crippen LogP contribution is -2.34. The summed E-state index contributed by atoms with van der Waals surface area (Å²) in [5.41, 5.74) is 6.19. The zero-order valence-electron chi connectivity index (χ0n) is 23.8. The summed E-state index contributed by atoms with van der Waals surface area (Å²) in [6.07, 6.45) is -1.03. The summed E-state index contributed by atoms with van der Waals surface area (Å²) in [6.45, 7) is 4.98. The number of hydrogen-bond donors (Lipinski definition) is 4. The number of anilines is 2. The van der Waals surface area contributed by atoms with Gasteiger partial charge in [0.15, 0.2) is 10.0 Å². The summed E-state index contributed by atoms with van der Waals surface area (Å²) in [4.78, 5) is 62.2. The number of hydrogen-bond acceptors (Lipinski definition) is 8. The van der Waals surface area contributed by atoms with Gasteiger partial charge < -0.3 is 30.6 Å². The molecule has 0 fully saturated rings. The first kappa shape index (κ1) is 29.3. The van der Waals surface area contributed by atoms with E-state index in [1.807, 2.05) is 50.2 Å². The second kappa shape index (κ2) is 11.7. The van der Waals surface area contributed by atoms with E-state index in [0.717, 1.165) is 43.4 Å². The van der Waals surface area contributed by atoms with Crippen LogP contribution < -0.4 is 10.6 Å². The molecule has 12 nitrogen and oxygen atoms in total. The molecular formula is C30H28N6O6S2. The average molecular weight is 633 g/mol. The number of carbonyl (C=O) groups is 4. The molecule has 2 aliphatic rings. The molecule has 0 spiro atoms. The Balaban J connectivity index is 1.19. The van der Waals surface area contributed by atoms with Gasteiger partial charge in [-0.1, -0.05) is 24.3 Å². The van der Waals surface area contributed by atoms with E-state index in [1.165, 1.54) is 32.5 Å². The van der Waals surface area contributed by atoms with Crippen molar-refractivity contribution in [2.45, 2.75) is 39.8 Å². The van der Waals surface area contributed by atoms with Crippen LogP contribution >= 0.6 is 22.7 Å². The third kappa shape index (κ3) is 5.61. The topological polar surface area (TPSA) is 165 Å². The first-order valence-electron chi connectivity index (χ1n) is 13.8. The first-order valence-corrected chi connectivity index (χ1v) is 15.5. The molecule has 4 heterocycles. The average Bonchev–Trinajstić information content (AvgIpc) is 3.63. The van der Waals surface area contributed by atoms with Crippen LogP contribution in [0, 0.1) is 13.8 Å². The van der Waals surface area contributed by atoms with E-state index in [-0.39, 0.29) is 34.9 Å². The second-order valence-electron chi connectivity index (χ2n) is 10.6. The number of nitrogens with one attached hydrogen (secondary N) is 2. The molecule has 2 aromatic heterocycles. The number of carboxylic acid groups (broad SMARTS) is 2. The van der Waals surface area contributed by atoms with Crippen molar-refractivity contribution in [3.05, 3.63) is 78.7 Å². The molecule has 4 amide bonds. The summed E-state index contributed by atoms with van der Waals surface area (Å²) in [5, 5.41) is 25.1. The van der Waals surface area contributed by atoms with E-state index >= 15 is 0 Å². The minimum atomic E-state index is -0.989. The van der Waals surface area contributed by atoms with E-state index in [0.29, 0.717) is 37.3 Å². The largest absolute Gasteiger partial charge is 0.465 e. The monoisotopic (exact) mass is 632 g/mol. The van der Waals surface area contributed by atoms with E-state index in [2.05, 4.69) is 20.6 Å². The molecule has 4 aromatic rings. The van der Waals surface area contributed by atoms with Crippen LogP contribution in [0.5, 0.6) is 0 Å². The molecule has 14 heteroatoms. The van der Waals surface area contributed by atoms with Gasteiger partial charge in [-0.05, 0) is 48.2 Å². The standard InChI is InChI=1S/C30H28N6O6S2/c1-15-17(5-3-7-19(15)31-25(37)27-33-21-9-11-35(29(39)40)13-23(21)43-27)18-6-4-8-20(16(18)2)32-26(38)28-34-22-10-12-36(30(41)42)14-24(22)44-28/h3-8H,9-14H2,1-2H3,(H,31,37)(H,32,38)(H,39,40)(H,41,42). The van der Waals surface area contributed by atoms with E-state index < -0.39 is 12.2 Å². The molecule has 0 bridgehead atoms. The number of aromatic nitrogens is 2. The molecule has 0 saturated heterocycles. The Bertz CT molecular complexity index is 1700. The van der Waals surface area contributed by atoms with Gasteiger partial charge in [-0.25, -0.2) is 19.6 Å². The highest BCUT2D eigenvalue weighted by atomic mass is 32.1. The van der Waals surface area contributed by atoms with Crippen LogP contribution in [0.2, 0.25) is 0 Å². The fourth-order valence-electron chi connectivity index (χ4n) is 5.39. The summed E-state index contributed by atoms with van der Waals surface area (Å²) in [5.74, 6) is -0.719. The summed E-state index contributed by atoms with van der Waals surface area (Å²) in [7, 11) is 0. The highest BCUT2D eigenvalue weighted by Crippen LogP contribution is 2.35. The van der Waals surface area contributed by atoms with E-state index in [1.54, 1.807) is 0 Å². The zero-order chi connectivity index (χ0) is 31.1. The molecule has 0 aliphatic carbocycles. The summed E-state index contributed by atoms with van der Waals surface area (Å²) in [6, 6.07) is 11.2. The lowest BCUT2D eigenvalue weighted by atomic mass is 9.94. The van der Waals surface area contributed by atoms with Crippen molar-refractivity contribution in [1.82, 2.24) is 19.8 Å². The van der Waals surface area contributed by atoms with Gasteiger partial charge in [-0.15, -0.1) is 22.7 Å². The van der Waals surface area contributed by atoms with Crippen molar-refractivity contribution in [3.8, 4) is 11.1 Å². The van der Waals surface area contributed by atoms with Crippen LogP contribution in [0.25, 0.3) is 11.1 Å². The zero-order valence-corrected chi connectivity index (χ0v) is 25.5. The van der Waals surface area contributed by atoms with Crippen molar-refractivity contribution >= 4 is 58.0 Å². The van der Waals surface area contributed by atoms with Crippen molar-refractivity contribution in [1.29, 1.82) is 0 Å². The van der Waals surface area contributed by atoms with Gasteiger partial charge in [-0.2, -0.15) is 0 Å². The van der Waals surface area contributed by atoms with Crippen LogP contribution in [0.4, 0.5) is 21.0 Å². The molecule has 226 valence electrons. The molecular weight excluding hydrogens is 605 g/mol. The molecule has 2 aromatic carbocycles. The molecule has 0 saturated carbocycles. The fraction of sp³-hybridized carbons (Fsp3) is 0.267. The highest BCUT2D eigenvalue weighted by molar-refractivity contribution is 7.14. The van der Waals surface area contributed by atoms with Crippen LogP contribution in [0.3, 0.4) is 0 Å². The maximum atomic E-state index is 13.2. The SMILES string of the molecule is Cc1c(NC(=O)c2nc3c(s2)CN(C(=O)O)CC3)cccc1-c1cccc(NC(=O)c2nc3c(s2)CN(C(=O)O)CC3)c1C. The Labute approximate surface area is 260 Å². The smallest absolute Gasteiger partial charge is 0.407 e. The molecule has 6 rings (SSSR count). The molecule has 44 heavy (non-hydrogen) atoms. The molecule has 4 N–H and O–H groups in total. The fourth-order valence-corrected chi connectivity index (χ4v) is 7.43. The summed E-state index contributed by atoms with van der Waals surface area (Å²) < 4.78 is 0. The number of carbonyl (C=O) groups excluding carboxylic acids is 2. The Kier molecular flexibility index (Phi) is 7.78. The molecule has 0 radical (unpaired) electrons. The highest BCUT2D eigenvalue weighted by Gasteiger charge is 2.27. The third-order valence-corrected chi connectivity index (χ3v) is 10.0.